The number of anilines is 1. The molecule has 0 aliphatic carbocycles. The molecule has 2 amide bonds. The molecule has 10 nitrogen and oxygen atoms in total. The lowest BCUT2D eigenvalue weighted by molar-refractivity contribution is -0.386. The number of hydrazine groups is 1. The van der Waals surface area contributed by atoms with Crippen LogP contribution in [0.25, 0.3) is 0 Å². The molecule has 0 aliphatic heterocycles. The monoisotopic (exact) mass is 360 g/mol. The molecule has 1 heterocycles. The van der Waals surface area contributed by atoms with Gasteiger partial charge in [-0.15, -0.1) is 0 Å². The first-order valence-corrected chi connectivity index (χ1v) is 7.75. The van der Waals surface area contributed by atoms with Crippen LogP contribution >= 0.6 is 0 Å². The summed E-state index contributed by atoms with van der Waals surface area (Å²) in [4.78, 5) is 36.4. The van der Waals surface area contributed by atoms with E-state index in [0.29, 0.717) is 5.56 Å². The Kier molecular flexibility index (Phi) is 5.55. The third kappa shape index (κ3) is 4.15. The van der Waals surface area contributed by atoms with E-state index in [4.69, 9.17) is 0 Å². The van der Waals surface area contributed by atoms with Gasteiger partial charge in [-0.25, -0.2) is 0 Å². The Bertz CT molecular complexity index is 858. The van der Waals surface area contributed by atoms with Gasteiger partial charge >= 0.3 is 5.69 Å². The number of amides is 2. The summed E-state index contributed by atoms with van der Waals surface area (Å²) >= 11 is 0. The van der Waals surface area contributed by atoms with Crippen molar-refractivity contribution >= 4 is 23.2 Å². The van der Waals surface area contributed by atoms with Gasteiger partial charge in [0.25, 0.3) is 11.8 Å². The Hall–Kier alpha value is -3.43. The maximum Gasteiger partial charge on any atom is 0.312 e. The number of nitrogens with zero attached hydrogens (tertiary/aromatic N) is 4. The third-order valence-electron chi connectivity index (χ3n) is 3.76. The van der Waals surface area contributed by atoms with Crippen molar-refractivity contribution in [3.8, 4) is 0 Å². The molecule has 0 saturated heterocycles. The number of benzene rings is 1. The van der Waals surface area contributed by atoms with E-state index in [1.165, 1.54) is 18.5 Å². The second-order valence-electron chi connectivity index (χ2n) is 5.88. The lowest BCUT2D eigenvalue weighted by atomic mass is 10.2. The van der Waals surface area contributed by atoms with Crippen LogP contribution in [0.4, 0.5) is 11.4 Å². The molecular weight excluding hydrogens is 340 g/mol. The second-order valence-corrected chi connectivity index (χ2v) is 5.88. The average molecular weight is 360 g/mol. The van der Waals surface area contributed by atoms with E-state index in [9.17, 15) is 19.7 Å². The van der Waals surface area contributed by atoms with Crippen LogP contribution in [-0.2, 0) is 11.3 Å². The standard InChI is InChI=1S/C16H20N6O4/c1-10-15(22(25)26)11(2)21(19-10)9-14(23)17-18-16(24)12-6-5-7-13(8-12)20(3)4/h5-8H,9H2,1-4H3,(H,17,23)(H,18,24). The van der Waals surface area contributed by atoms with Gasteiger partial charge in [0, 0.05) is 25.3 Å². The Morgan fingerprint density at radius 1 is 1.27 bits per heavy atom. The number of carbonyl (C=O) groups excluding carboxylic acids is 2. The number of nitro groups is 1. The summed E-state index contributed by atoms with van der Waals surface area (Å²) in [6.07, 6.45) is 0. The van der Waals surface area contributed by atoms with E-state index in [1.807, 2.05) is 25.1 Å². The Balaban J connectivity index is 1.99. The minimum atomic E-state index is -0.553. The fourth-order valence-corrected chi connectivity index (χ4v) is 2.41. The van der Waals surface area contributed by atoms with Gasteiger partial charge in [0.2, 0.25) is 0 Å². The van der Waals surface area contributed by atoms with Crippen molar-refractivity contribution in [2.24, 2.45) is 0 Å². The molecular formula is C16H20N6O4. The number of hydrogen-bond acceptors (Lipinski definition) is 6. The van der Waals surface area contributed by atoms with Crippen LogP contribution in [0.3, 0.4) is 0 Å². The smallest absolute Gasteiger partial charge is 0.312 e. The van der Waals surface area contributed by atoms with Crippen LogP contribution in [0, 0.1) is 24.0 Å². The van der Waals surface area contributed by atoms with Crippen molar-refractivity contribution in [1.82, 2.24) is 20.6 Å². The Morgan fingerprint density at radius 2 is 1.96 bits per heavy atom. The van der Waals surface area contributed by atoms with Crippen molar-refractivity contribution in [3.05, 3.63) is 51.3 Å². The van der Waals surface area contributed by atoms with Crippen LogP contribution in [0.2, 0.25) is 0 Å². The van der Waals surface area contributed by atoms with Gasteiger partial charge in [-0.1, -0.05) is 6.07 Å². The highest BCUT2D eigenvalue weighted by Crippen LogP contribution is 2.21. The number of aromatic nitrogens is 2. The Labute approximate surface area is 149 Å². The predicted octanol–water partition coefficient (Wildman–Crippen LogP) is 0.935. The van der Waals surface area contributed by atoms with Gasteiger partial charge in [0.15, 0.2) is 0 Å². The third-order valence-corrected chi connectivity index (χ3v) is 3.76. The number of hydrogen-bond donors (Lipinski definition) is 2. The normalized spacial score (nSPS) is 10.3. The van der Waals surface area contributed by atoms with Gasteiger partial charge in [-0.2, -0.15) is 5.10 Å². The lowest BCUT2D eigenvalue weighted by Crippen LogP contribution is -2.43. The average Bonchev–Trinajstić information content (AvgIpc) is 2.86. The molecule has 0 fully saturated rings. The van der Waals surface area contributed by atoms with E-state index < -0.39 is 16.7 Å². The molecule has 0 bridgehead atoms. The molecule has 2 rings (SSSR count). The number of nitrogens with one attached hydrogen (secondary N) is 2. The zero-order valence-electron chi connectivity index (χ0n) is 14.9. The van der Waals surface area contributed by atoms with Crippen molar-refractivity contribution in [1.29, 1.82) is 0 Å². The van der Waals surface area contributed by atoms with Crippen LogP contribution in [0.5, 0.6) is 0 Å². The molecule has 0 radical (unpaired) electrons. The van der Waals surface area contributed by atoms with E-state index in [1.54, 1.807) is 18.2 Å². The molecule has 10 heteroatoms. The van der Waals surface area contributed by atoms with Crippen LogP contribution in [-0.4, -0.2) is 40.6 Å². The molecule has 0 spiro atoms. The largest absolute Gasteiger partial charge is 0.378 e. The molecule has 2 aromatic rings. The van der Waals surface area contributed by atoms with Crippen LogP contribution < -0.4 is 15.8 Å². The number of aryl methyl sites for hydroxylation is 1. The first-order valence-electron chi connectivity index (χ1n) is 7.75. The van der Waals surface area contributed by atoms with Crippen molar-refractivity contribution in [3.63, 3.8) is 0 Å². The number of carbonyl (C=O) groups is 2. The predicted molar refractivity (Wildman–Crippen MR) is 94.7 cm³/mol. The molecule has 0 atom stereocenters. The van der Waals surface area contributed by atoms with E-state index >= 15 is 0 Å². The highest BCUT2D eigenvalue weighted by Gasteiger charge is 2.22. The molecule has 138 valence electrons. The van der Waals surface area contributed by atoms with Gasteiger partial charge in [0.1, 0.15) is 17.9 Å². The van der Waals surface area contributed by atoms with E-state index in [0.717, 1.165) is 5.69 Å². The fraction of sp³-hybridized carbons (Fsp3) is 0.312. The molecule has 1 aromatic heterocycles. The van der Waals surface area contributed by atoms with Crippen LogP contribution in [0.1, 0.15) is 21.7 Å². The fourth-order valence-electron chi connectivity index (χ4n) is 2.41. The zero-order chi connectivity index (χ0) is 19.4. The van der Waals surface area contributed by atoms with E-state index in [2.05, 4.69) is 16.0 Å². The SMILES string of the molecule is Cc1nn(CC(=O)NNC(=O)c2cccc(N(C)C)c2)c(C)c1[N+](=O)[O-]. The van der Waals surface area contributed by atoms with Gasteiger partial charge in [0.05, 0.1) is 4.92 Å². The zero-order valence-corrected chi connectivity index (χ0v) is 14.9. The topological polar surface area (TPSA) is 122 Å². The minimum Gasteiger partial charge on any atom is -0.378 e. The van der Waals surface area contributed by atoms with Gasteiger partial charge in [-0.05, 0) is 32.0 Å². The van der Waals surface area contributed by atoms with Gasteiger partial charge < -0.3 is 4.90 Å². The highest BCUT2D eigenvalue weighted by atomic mass is 16.6. The first-order chi connectivity index (χ1) is 12.2. The molecule has 0 saturated carbocycles. The molecule has 26 heavy (non-hydrogen) atoms. The summed E-state index contributed by atoms with van der Waals surface area (Å²) in [5, 5.41) is 15.0. The van der Waals surface area contributed by atoms with Crippen molar-refractivity contribution in [2.75, 3.05) is 19.0 Å². The Morgan fingerprint density at radius 3 is 2.54 bits per heavy atom. The summed E-state index contributed by atoms with van der Waals surface area (Å²) in [5.41, 5.74) is 6.21. The number of rotatable bonds is 5. The lowest BCUT2D eigenvalue weighted by Gasteiger charge is -2.13. The van der Waals surface area contributed by atoms with Gasteiger partial charge in [-0.3, -0.25) is 35.2 Å². The summed E-state index contributed by atoms with van der Waals surface area (Å²) in [5.74, 6) is -1.02. The van der Waals surface area contributed by atoms with Crippen molar-refractivity contribution in [2.45, 2.75) is 20.4 Å². The minimum absolute atomic E-state index is 0.123. The molecule has 0 aliphatic rings. The maximum atomic E-state index is 12.1. The second kappa shape index (κ2) is 7.64. The highest BCUT2D eigenvalue weighted by molar-refractivity contribution is 5.96. The summed E-state index contributed by atoms with van der Waals surface area (Å²) in [7, 11) is 3.71. The maximum absolute atomic E-state index is 12.1. The first kappa shape index (κ1) is 18.9. The van der Waals surface area contributed by atoms with Crippen LogP contribution in [0.15, 0.2) is 24.3 Å². The summed E-state index contributed by atoms with van der Waals surface area (Å²) in [6.45, 7) is 2.76. The molecule has 2 N–H and O–H groups in total. The molecule has 1 aromatic carbocycles. The van der Waals surface area contributed by atoms with E-state index in [-0.39, 0.29) is 23.6 Å². The summed E-state index contributed by atoms with van der Waals surface area (Å²) < 4.78 is 1.22. The van der Waals surface area contributed by atoms with Crippen molar-refractivity contribution < 1.29 is 14.5 Å². The quantitative estimate of drug-likeness (QED) is 0.604. The molecule has 0 unspecified atom stereocenters. The summed E-state index contributed by atoms with van der Waals surface area (Å²) in [6, 6.07) is 6.90.